The van der Waals surface area contributed by atoms with E-state index in [2.05, 4.69) is 10.3 Å². The molecule has 2 aromatic carbocycles. The molecule has 1 amide bonds. The average molecular weight is 344 g/mol. The number of pyridine rings is 1. The van der Waals surface area contributed by atoms with Crippen molar-refractivity contribution in [3.8, 4) is 0 Å². The Hall–Kier alpha value is -2.51. The van der Waals surface area contributed by atoms with Crippen LogP contribution >= 0.6 is 0 Å². The maximum atomic E-state index is 12.6. The van der Waals surface area contributed by atoms with Gasteiger partial charge in [0.25, 0.3) is 16.0 Å². The van der Waals surface area contributed by atoms with Crippen molar-refractivity contribution in [3.63, 3.8) is 0 Å². The average Bonchev–Trinajstić information content (AvgIpc) is 2.55. The van der Waals surface area contributed by atoms with Gasteiger partial charge in [-0.2, -0.15) is 8.42 Å². The topological polar surface area (TPSA) is 96.4 Å². The second-order valence-electron chi connectivity index (χ2n) is 5.42. The number of para-hydroxylation sites is 2. The van der Waals surface area contributed by atoms with Crippen molar-refractivity contribution < 1.29 is 17.8 Å². The van der Waals surface area contributed by atoms with Crippen LogP contribution in [0, 0.1) is 0 Å². The summed E-state index contributed by atoms with van der Waals surface area (Å²) in [5.41, 5.74) is 1.96. The molecule has 0 radical (unpaired) electrons. The lowest BCUT2D eigenvalue weighted by atomic mass is 10.0. The molecule has 1 aromatic heterocycles. The highest BCUT2D eigenvalue weighted by molar-refractivity contribution is 7.85. The quantitative estimate of drug-likeness (QED) is 0.421. The van der Waals surface area contributed by atoms with Crippen molar-refractivity contribution in [2.75, 3.05) is 12.3 Å². The summed E-state index contributed by atoms with van der Waals surface area (Å²) < 4.78 is 30.2. The van der Waals surface area contributed by atoms with E-state index in [4.69, 9.17) is 4.55 Å². The molecule has 3 rings (SSSR count). The molecule has 0 saturated heterocycles. The third kappa shape index (κ3) is 3.52. The Balaban J connectivity index is 1.95. The molecule has 7 heteroatoms. The van der Waals surface area contributed by atoms with Gasteiger partial charge in [0.2, 0.25) is 0 Å². The van der Waals surface area contributed by atoms with Gasteiger partial charge < -0.3 is 5.32 Å². The molecule has 24 heavy (non-hydrogen) atoms. The van der Waals surface area contributed by atoms with Gasteiger partial charge in [-0.15, -0.1) is 0 Å². The molecule has 0 unspecified atom stereocenters. The zero-order valence-electron chi connectivity index (χ0n) is 12.8. The SMILES string of the molecule is O=C(NCCCS(=O)(=O)O)c1c2ccccc2nc2ccccc12. The highest BCUT2D eigenvalue weighted by atomic mass is 32.2. The first-order valence-electron chi connectivity index (χ1n) is 7.46. The number of nitrogens with one attached hydrogen (secondary N) is 1. The molecule has 0 saturated carbocycles. The third-order valence-electron chi connectivity index (χ3n) is 3.68. The largest absolute Gasteiger partial charge is 0.352 e. The molecule has 0 atom stereocenters. The summed E-state index contributed by atoms with van der Waals surface area (Å²) in [4.78, 5) is 17.2. The van der Waals surface area contributed by atoms with Crippen molar-refractivity contribution in [2.24, 2.45) is 0 Å². The lowest BCUT2D eigenvalue weighted by Crippen LogP contribution is -2.26. The van der Waals surface area contributed by atoms with E-state index in [1.807, 2.05) is 48.5 Å². The number of hydrogen-bond acceptors (Lipinski definition) is 4. The lowest BCUT2D eigenvalue weighted by molar-refractivity contribution is 0.0957. The molecule has 124 valence electrons. The van der Waals surface area contributed by atoms with E-state index in [9.17, 15) is 13.2 Å². The first-order chi connectivity index (χ1) is 11.5. The van der Waals surface area contributed by atoms with E-state index in [0.717, 1.165) is 21.8 Å². The summed E-state index contributed by atoms with van der Waals surface area (Å²) in [6.07, 6.45) is 0.144. The molecule has 0 bridgehead atoms. The molecule has 2 N–H and O–H groups in total. The Bertz CT molecular complexity index is 961. The van der Waals surface area contributed by atoms with Crippen LogP contribution in [0.2, 0.25) is 0 Å². The molecule has 0 aliphatic carbocycles. The molecule has 1 heterocycles. The van der Waals surface area contributed by atoms with Crippen LogP contribution in [0.4, 0.5) is 0 Å². The first kappa shape index (κ1) is 16.4. The Morgan fingerprint density at radius 3 is 2.08 bits per heavy atom. The van der Waals surface area contributed by atoms with Crippen molar-refractivity contribution >= 4 is 37.8 Å². The highest BCUT2D eigenvalue weighted by Crippen LogP contribution is 2.25. The Labute approximate surface area is 139 Å². The number of carbonyl (C=O) groups is 1. The monoisotopic (exact) mass is 344 g/mol. The normalized spacial score (nSPS) is 11.7. The van der Waals surface area contributed by atoms with E-state index in [1.54, 1.807) is 0 Å². The number of benzene rings is 2. The highest BCUT2D eigenvalue weighted by Gasteiger charge is 2.15. The van der Waals surface area contributed by atoms with E-state index in [1.165, 1.54) is 0 Å². The number of hydrogen-bond donors (Lipinski definition) is 2. The molecule has 6 nitrogen and oxygen atoms in total. The second kappa shape index (κ2) is 6.54. The molecule has 0 spiro atoms. The summed E-state index contributed by atoms with van der Waals surface area (Å²) in [6, 6.07) is 14.8. The van der Waals surface area contributed by atoms with E-state index in [0.29, 0.717) is 5.56 Å². The molecular weight excluding hydrogens is 328 g/mol. The van der Waals surface area contributed by atoms with E-state index < -0.39 is 10.1 Å². The van der Waals surface area contributed by atoms with Crippen molar-refractivity contribution in [1.29, 1.82) is 0 Å². The van der Waals surface area contributed by atoms with Gasteiger partial charge in [-0.05, 0) is 18.6 Å². The summed E-state index contributed by atoms with van der Waals surface area (Å²) >= 11 is 0. The smallest absolute Gasteiger partial charge is 0.264 e. The van der Waals surface area contributed by atoms with Crippen molar-refractivity contribution in [2.45, 2.75) is 6.42 Å². The van der Waals surface area contributed by atoms with Crippen LogP contribution in [0.15, 0.2) is 48.5 Å². The summed E-state index contributed by atoms with van der Waals surface area (Å²) in [5.74, 6) is -0.675. The van der Waals surface area contributed by atoms with Gasteiger partial charge in [-0.25, -0.2) is 4.98 Å². The molecule has 0 aliphatic heterocycles. The third-order valence-corrected chi connectivity index (χ3v) is 4.48. The lowest BCUT2D eigenvalue weighted by Gasteiger charge is -2.11. The Morgan fingerprint density at radius 1 is 1.00 bits per heavy atom. The van der Waals surface area contributed by atoms with Gasteiger partial charge in [-0.3, -0.25) is 9.35 Å². The summed E-state index contributed by atoms with van der Waals surface area (Å²) in [5, 5.41) is 4.19. The number of rotatable bonds is 5. The van der Waals surface area contributed by atoms with E-state index in [-0.39, 0.29) is 24.6 Å². The number of amides is 1. The predicted molar refractivity (Wildman–Crippen MR) is 92.6 cm³/mol. The van der Waals surface area contributed by atoms with Gasteiger partial charge in [-0.1, -0.05) is 36.4 Å². The number of fused-ring (bicyclic) bond motifs is 2. The number of aromatic nitrogens is 1. The van der Waals surface area contributed by atoms with Gasteiger partial charge in [0, 0.05) is 17.3 Å². The maximum absolute atomic E-state index is 12.6. The van der Waals surface area contributed by atoms with Crippen LogP contribution in [0.5, 0.6) is 0 Å². The minimum atomic E-state index is -4.02. The zero-order chi connectivity index (χ0) is 17.2. The summed E-state index contributed by atoms with van der Waals surface area (Å²) in [7, 11) is -4.02. The van der Waals surface area contributed by atoms with Gasteiger partial charge in [0.1, 0.15) is 0 Å². The van der Waals surface area contributed by atoms with Gasteiger partial charge in [0.05, 0.1) is 22.3 Å². The van der Waals surface area contributed by atoms with Crippen LogP contribution in [0.3, 0.4) is 0 Å². The van der Waals surface area contributed by atoms with Crippen LogP contribution in [-0.2, 0) is 10.1 Å². The minimum Gasteiger partial charge on any atom is -0.352 e. The van der Waals surface area contributed by atoms with Crippen molar-refractivity contribution in [3.05, 3.63) is 54.1 Å². The minimum absolute atomic E-state index is 0.144. The molecular formula is C17H16N2O4S. The first-order valence-corrected chi connectivity index (χ1v) is 9.07. The molecule has 0 fully saturated rings. The Kier molecular flexibility index (Phi) is 4.46. The zero-order valence-corrected chi connectivity index (χ0v) is 13.6. The fraction of sp³-hybridized carbons (Fsp3) is 0.176. The van der Waals surface area contributed by atoms with Crippen LogP contribution < -0.4 is 5.32 Å². The molecule has 0 aliphatic rings. The maximum Gasteiger partial charge on any atom is 0.264 e. The second-order valence-corrected chi connectivity index (χ2v) is 6.99. The van der Waals surface area contributed by atoms with E-state index >= 15 is 0 Å². The van der Waals surface area contributed by atoms with Gasteiger partial charge in [0.15, 0.2) is 0 Å². The van der Waals surface area contributed by atoms with Crippen LogP contribution in [0.25, 0.3) is 21.8 Å². The van der Waals surface area contributed by atoms with Crippen LogP contribution in [0.1, 0.15) is 16.8 Å². The number of nitrogens with zero attached hydrogens (tertiary/aromatic N) is 1. The predicted octanol–water partition coefficient (Wildman–Crippen LogP) is 2.40. The molecule has 3 aromatic rings. The summed E-state index contributed by atoms with van der Waals surface area (Å²) in [6.45, 7) is 0.156. The Morgan fingerprint density at radius 2 is 1.54 bits per heavy atom. The fourth-order valence-corrected chi connectivity index (χ4v) is 3.14. The standard InChI is InChI=1S/C17H16N2O4S/c20-17(18-10-5-11-24(21,22)23)16-12-6-1-3-8-14(12)19-15-9-4-2-7-13(15)16/h1-4,6-9H,5,10-11H2,(H,18,20)(H,21,22,23). The van der Waals surface area contributed by atoms with Crippen molar-refractivity contribution in [1.82, 2.24) is 10.3 Å². The van der Waals surface area contributed by atoms with Crippen LogP contribution in [-0.4, -0.2) is 36.2 Å². The van der Waals surface area contributed by atoms with Gasteiger partial charge >= 0.3 is 0 Å². The number of carbonyl (C=O) groups excluding carboxylic acids is 1. The fourth-order valence-electron chi connectivity index (χ4n) is 2.63.